The Labute approximate surface area is 153 Å². The molecule has 0 atom stereocenters. The van der Waals surface area contributed by atoms with E-state index in [1.54, 1.807) is 36.4 Å². The summed E-state index contributed by atoms with van der Waals surface area (Å²) in [5, 5.41) is 4.42. The van der Waals surface area contributed by atoms with Gasteiger partial charge in [-0.25, -0.2) is 0 Å². The topological polar surface area (TPSA) is 55.1 Å². The van der Waals surface area contributed by atoms with Gasteiger partial charge in [-0.1, -0.05) is 46.4 Å². The van der Waals surface area contributed by atoms with Crippen molar-refractivity contribution in [2.24, 2.45) is 0 Å². The molecule has 118 valence electrons. The van der Waals surface area contributed by atoms with Crippen molar-refractivity contribution >= 4 is 75.3 Å². The molecule has 0 fully saturated rings. The maximum atomic E-state index is 10.9. The predicted molar refractivity (Wildman–Crippen MR) is 96.7 cm³/mol. The highest BCUT2D eigenvalue weighted by Gasteiger charge is 2.02. The summed E-state index contributed by atoms with van der Waals surface area (Å²) in [6.45, 7) is 0. The molecule has 22 heavy (non-hydrogen) atoms. The number of benzene rings is 2. The minimum atomic E-state index is -0.278. The van der Waals surface area contributed by atoms with Crippen molar-refractivity contribution in [3.63, 3.8) is 0 Å². The summed E-state index contributed by atoms with van der Waals surface area (Å²) in [6.07, 6.45) is 0. The molecule has 1 amide bonds. The van der Waals surface area contributed by atoms with Crippen LogP contribution in [0.25, 0.3) is 0 Å². The lowest BCUT2D eigenvalue weighted by Crippen LogP contribution is -2.12. The van der Waals surface area contributed by atoms with Crippen molar-refractivity contribution < 1.29 is 4.79 Å². The highest BCUT2D eigenvalue weighted by Crippen LogP contribution is 2.25. The Balaban J connectivity index is 0.000000235. The summed E-state index contributed by atoms with van der Waals surface area (Å²) >= 11 is 27.9. The first-order valence-electron chi connectivity index (χ1n) is 5.85. The molecule has 0 saturated heterocycles. The normalized spacial score (nSPS) is 9.68. The van der Waals surface area contributed by atoms with Crippen molar-refractivity contribution in [2.45, 2.75) is 0 Å². The molecule has 2 rings (SSSR count). The SMILES string of the molecule is Nc1ccc(Cl)c(Cl)c1.O=C(CCl)Nc1ccc(Cl)c(Cl)c1. The standard InChI is InChI=1S/C8H6Cl3NO.C6H5Cl2N/c9-4-8(13)12-5-1-2-6(10)7(11)3-5;7-5-2-1-4(9)3-6(5)8/h1-3H,4H2,(H,12,13);1-3H,9H2. The molecule has 0 aliphatic carbocycles. The fourth-order valence-corrected chi connectivity index (χ4v) is 1.95. The number of nitrogen functional groups attached to an aromatic ring is 1. The molecule has 3 N–H and O–H groups in total. The number of halogens is 5. The maximum Gasteiger partial charge on any atom is 0.239 e. The zero-order chi connectivity index (χ0) is 16.7. The highest BCUT2D eigenvalue weighted by atomic mass is 35.5. The van der Waals surface area contributed by atoms with E-state index in [9.17, 15) is 4.79 Å². The zero-order valence-corrected chi connectivity index (χ0v) is 14.8. The van der Waals surface area contributed by atoms with Crippen LogP contribution in [0.1, 0.15) is 0 Å². The van der Waals surface area contributed by atoms with Gasteiger partial charge in [-0.15, -0.1) is 11.6 Å². The van der Waals surface area contributed by atoms with Crippen LogP contribution >= 0.6 is 58.0 Å². The van der Waals surface area contributed by atoms with Crippen LogP contribution in [-0.4, -0.2) is 11.8 Å². The van der Waals surface area contributed by atoms with Crippen LogP contribution in [0.15, 0.2) is 36.4 Å². The number of carbonyl (C=O) groups excluding carboxylic acids is 1. The molecular formula is C14H11Cl5N2O. The van der Waals surface area contributed by atoms with E-state index in [1.807, 2.05) is 0 Å². The van der Waals surface area contributed by atoms with Gasteiger partial charge in [-0.2, -0.15) is 0 Å². The van der Waals surface area contributed by atoms with Crippen molar-refractivity contribution in [1.29, 1.82) is 0 Å². The number of carbonyl (C=O) groups is 1. The number of amides is 1. The molecule has 3 nitrogen and oxygen atoms in total. The van der Waals surface area contributed by atoms with Crippen LogP contribution in [0.3, 0.4) is 0 Å². The van der Waals surface area contributed by atoms with Gasteiger partial charge < -0.3 is 11.1 Å². The lowest BCUT2D eigenvalue weighted by molar-refractivity contribution is -0.113. The Hall–Kier alpha value is -0.840. The van der Waals surface area contributed by atoms with E-state index in [2.05, 4.69) is 5.32 Å². The molecule has 0 radical (unpaired) electrons. The number of hydrogen-bond donors (Lipinski definition) is 2. The van der Waals surface area contributed by atoms with Gasteiger partial charge in [-0.05, 0) is 36.4 Å². The van der Waals surface area contributed by atoms with E-state index in [0.29, 0.717) is 31.5 Å². The maximum absolute atomic E-state index is 10.9. The van der Waals surface area contributed by atoms with Crippen LogP contribution in [0.5, 0.6) is 0 Å². The molecule has 2 aromatic carbocycles. The summed E-state index contributed by atoms with van der Waals surface area (Å²) < 4.78 is 0. The minimum absolute atomic E-state index is 0.0831. The second kappa shape index (κ2) is 9.33. The minimum Gasteiger partial charge on any atom is -0.399 e. The molecule has 0 heterocycles. The van der Waals surface area contributed by atoms with Gasteiger partial charge in [0.25, 0.3) is 0 Å². The van der Waals surface area contributed by atoms with Crippen LogP contribution in [0.2, 0.25) is 20.1 Å². The molecule has 0 aliphatic heterocycles. The van der Waals surface area contributed by atoms with Crippen LogP contribution in [0.4, 0.5) is 11.4 Å². The van der Waals surface area contributed by atoms with Gasteiger partial charge >= 0.3 is 0 Å². The molecule has 2 aromatic rings. The number of nitrogens with two attached hydrogens (primary N) is 1. The van der Waals surface area contributed by atoms with Gasteiger partial charge in [0.2, 0.25) is 5.91 Å². The Morgan fingerprint density at radius 2 is 1.45 bits per heavy atom. The van der Waals surface area contributed by atoms with Crippen molar-refractivity contribution in [1.82, 2.24) is 0 Å². The zero-order valence-electron chi connectivity index (χ0n) is 11.0. The third kappa shape index (κ3) is 6.51. The first kappa shape index (κ1) is 19.2. The largest absolute Gasteiger partial charge is 0.399 e. The highest BCUT2D eigenvalue weighted by molar-refractivity contribution is 6.42. The van der Waals surface area contributed by atoms with Gasteiger partial charge in [-0.3, -0.25) is 4.79 Å². The molecule has 0 bridgehead atoms. The van der Waals surface area contributed by atoms with Crippen molar-refractivity contribution in [3.8, 4) is 0 Å². The smallest absolute Gasteiger partial charge is 0.239 e. The molecule has 0 aromatic heterocycles. The number of nitrogens with one attached hydrogen (secondary N) is 1. The Morgan fingerprint density at radius 3 is 1.91 bits per heavy atom. The fourth-order valence-electron chi connectivity index (χ4n) is 1.28. The number of hydrogen-bond acceptors (Lipinski definition) is 2. The van der Waals surface area contributed by atoms with E-state index >= 15 is 0 Å². The van der Waals surface area contributed by atoms with E-state index in [0.717, 1.165) is 0 Å². The Kier molecular flexibility index (Phi) is 8.15. The van der Waals surface area contributed by atoms with Crippen LogP contribution < -0.4 is 11.1 Å². The molecule has 0 unspecified atom stereocenters. The first-order valence-corrected chi connectivity index (χ1v) is 7.89. The Morgan fingerprint density at radius 1 is 0.909 bits per heavy atom. The van der Waals surface area contributed by atoms with E-state index in [4.69, 9.17) is 63.7 Å². The lowest BCUT2D eigenvalue weighted by Gasteiger charge is -2.03. The quantitative estimate of drug-likeness (QED) is 0.498. The second-order valence-corrected chi connectivity index (χ2v) is 5.88. The van der Waals surface area contributed by atoms with E-state index < -0.39 is 0 Å². The van der Waals surface area contributed by atoms with E-state index in [-0.39, 0.29) is 11.8 Å². The Bertz CT molecular complexity index is 664. The molecule has 8 heteroatoms. The van der Waals surface area contributed by atoms with Gasteiger partial charge in [0.05, 0.1) is 20.1 Å². The van der Waals surface area contributed by atoms with Gasteiger partial charge in [0.15, 0.2) is 0 Å². The number of anilines is 2. The monoisotopic (exact) mass is 398 g/mol. The molecule has 0 spiro atoms. The van der Waals surface area contributed by atoms with Crippen LogP contribution in [-0.2, 0) is 4.79 Å². The van der Waals surface area contributed by atoms with Crippen molar-refractivity contribution in [2.75, 3.05) is 16.9 Å². The number of rotatable bonds is 2. The summed E-state index contributed by atoms with van der Waals surface area (Å²) in [5.74, 6) is -0.361. The molecule has 0 saturated carbocycles. The summed E-state index contributed by atoms with van der Waals surface area (Å²) in [7, 11) is 0. The second-order valence-electron chi connectivity index (χ2n) is 3.98. The average molecular weight is 401 g/mol. The van der Waals surface area contributed by atoms with Gasteiger partial charge in [0.1, 0.15) is 5.88 Å². The third-order valence-electron chi connectivity index (χ3n) is 2.27. The average Bonchev–Trinajstić information content (AvgIpc) is 2.48. The summed E-state index contributed by atoms with van der Waals surface area (Å²) in [4.78, 5) is 10.9. The lowest BCUT2D eigenvalue weighted by atomic mass is 10.3. The molecular weight excluding hydrogens is 389 g/mol. The van der Waals surface area contributed by atoms with Crippen molar-refractivity contribution in [3.05, 3.63) is 56.5 Å². The number of alkyl halides is 1. The van der Waals surface area contributed by atoms with Crippen LogP contribution in [0, 0.1) is 0 Å². The summed E-state index contributed by atoms with van der Waals surface area (Å²) in [5.41, 5.74) is 6.60. The third-order valence-corrected chi connectivity index (χ3v) is 3.99. The fraction of sp³-hybridized carbons (Fsp3) is 0.0714. The first-order chi connectivity index (χ1) is 10.3. The predicted octanol–water partition coefficient (Wildman–Crippen LogP) is 5.75. The van der Waals surface area contributed by atoms with Gasteiger partial charge in [0, 0.05) is 11.4 Å². The summed E-state index contributed by atoms with van der Waals surface area (Å²) in [6, 6.07) is 9.80. The van der Waals surface area contributed by atoms with E-state index in [1.165, 1.54) is 0 Å². The molecule has 0 aliphatic rings.